The van der Waals surface area contributed by atoms with Gasteiger partial charge >= 0.3 is 5.97 Å². The molecule has 0 aliphatic carbocycles. The number of halogens is 2. The van der Waals surface area contributed by atoms with Crippen LogP contribution < -0.4 is 0 Å². The average Bonchev–Trinajstić information content (AvgIpc) is 3.07. The molecule has 1 amide bonds. The molecule has 1 saturated heterocycles. The standard InChI is InChI=1S/C20H19ClFNO3/c21-15-6-4-14(5-7-15)17-11-23(12-18(17)20(25)26)19(24)10-3-13-1-8-16(22)9-2-13/h1-2,4-9,17-18H,3,10-12H2,(H,25,26)/t17-,18+/m0/s1. The molecule has 0 spiro atoms. The van der Waals surface area contributed by atoms with Crippen molar-refractivity contribution in [2.75, 3.05) is 13.1 Å². The van der Waals surface area contributed by atoms with E-state index in [4.69, 9.17) is 11.6 Å². The number of nitrogens with zero attached hydrogens (tertiary/aromatic N) is 1. The zero-order chi connectivity index (χ0) is 18.7. The maximum absolute atomic E-state index is 12.9. The van der Waals surface area contributed by atoms with Crippen LogP contribution in [0.2, 0.25) is 5.02 Å². The molecule has 1 aliphatic rings. The molecule has 26 heavy (non-hydrogen) atoms. The third kappa shape index (κ3) is 4.22. The fourth-order valence-electron chi connectivity index (χ4n) is 3.37. The third-order valence-corrected chi connectivity index (χ3v) is 5.08. The fraction of sp³-hybridized carbons (Fsp3) is 0.300. The summed E-state index contributed by atoms with van der Waals surface area (Å²) in [5, 5.41) is 10.1. The van der Waals surface area contributed by atoms with Crippen molar-refractivity contribution in [1.29, 1.82) is 0 Å². The van der Waals surface area contributed by atoms with E-state index in [0.29, 0.717) is 18.0 Å². The van der Waals surface area contributed by atoms with E-state index >= 15 is 0 Å². The Bertz CT molecular complexity index is 792. The largest absolute Gasteiger partial charge is 0.481 e. The Morgan fingerprint density at radius 2 is 1.73 bits per heavy atom. The van der Waals surface area contributed by atoms with Crippen molar-refractivity contribution in [2.45, 2.75) is 18.8 Å². The Morgan fingerprint density at radius 1 is 1.08 bits per heavy atom. The van der Waals surface area contributed by atoms with Gasteiger partial charge in [-0.1, -0.05) is 35.9 Å². The summed E-state index contributed by atoms with van der Waals surface area (Å²) >= 11 is 5.90. The third-order valence-electron chi connectivity index (χ3n) is 4.83. The van der Waals surface area contributed by atoms with Crippen molar-refractivity contribution < 1.29 is 19.1 Å². The van der Waals surface area contributed by atoms with Gasteiger partial charge in [0.25, 0.3) is 0 Å². The summed E-state index contributed by atoms with van der Waals surface area (Å²) < 4.78 is 12.9. The maximum atomic E-state index is 12.9. The molecule has 4 nitrogen and oxygen atoms in total. The molecule has 0 unspecified atom stereocenters. The molecular formula is C20H19ClFNO3. The number of carboxylic acids is 1. The summed E-state index contributed by atoms with van der Waals surface area (Å²) in [6.45, 7) is 0.575. The number of benzene rings is 2. The van der Waals surface area contributed by atoms with Crippen LogP contribution >= 0.6 is 11.6 Å². The predicted octanol–water partition coefficient (Wildman–Crippen LogP) is 3.74. The smallest absolute Gasteiger partial charge is 0.308 e. The van der Waals surface area contributed by atoms with E-state index in [9.17, 15) is 19.1 Å². The molecule has 0 bridgehead atoms. The van der Waals surface area contributed by atoms with Gasteiger partial charge in [-0.15, -0.1) is 0 Å². The Balaban J connectivity index is 1.66. The summed E-state index contributed by atoms with van der Waals surface area (Å²) in [5.41, 5.74) is 1.75. The van der Waals surface area contributed by atoms with Gasteiger partial charge in [0.2, 0.25) is 5.91 Å². The number of hydrogen-bond acceptors (Lipinski definition) is 2. The normalized spacial score (nSPS) is 19.5. The van der Waals surface area contributed by atoms with Gasteiger partial charge in [0.1, 0.15) is 5.82 Å². The van der Waals surface area contributed by atoms with Crippen LogP contribution in [0, 0.1) is 11.7 Å². The number of carbonyl (C=O) groups is 2. The monoisotopic (exact) mass is 375 g/mol. The molecule has 6 heteroatoms. The summed E-state index contributed by atoms with van der Waals surface area (Å²) in [6, 6.07) is 13.1. The summed E-state index contributed by atoms with van der Waals surface area (Å²) in [6.07, 6.45) is 0.768. The zero-order valence-electron chi connectivity index (χ0n) is 14.1. The van der Waals surface area contributed by atoms with Crippen LogP contribution in [-0.4, -0.2) is 35.0 Å². The fourth-order valence-corrected chi connectivity index (χ4v) is 3.49. The van der Waals surface area contributed by atoms with Crippen molar-refractivity contribution in [3.63, 3.8) is 0 Å². The number of hydrogen-bond donors (Lipinski definition) is 1. The molecule has 0 aromatic heterocycles. The second-order valence-corrected chi connectivity index (χ2v) is 6.96. The number of carbonyl (C=O) groups excluding carboxylic acids is 1. The zero-order valence-corrected chi connectivity index (χ0v) is 14.8. The number of likely N-dealkylation sites (tertiary alicyclic amines) is 1. The molecule has 2 aromatic carbocycles. The second kappa shape index (κ2) is 7.87. The first kappa shape index (κ1) is 18.4. The minimum Gasteiger partial charge on any atom is -0.481 e. The van der Waals surface area contributed by atoms with E-state index < -0.39 is 11.9 Å². The molecule has 3 rings (SSSR count). The lowest BCUT2D eigenvalue weighted by Crippen LogP contribution is -2.30. The van der Waals surface area contributed by atoms with Crippen molar-refractivity contribution in [3.05, 3.63) is 70.5 Å². The number of rotatable bonds is 5. The van der Waals surface area contributed by atoms with Crippen molar-refractivity contribution in [1.82, 2.24) is 4.90 Å². The van der Waals surface area contributed by atoms with Crippen LogP contribution in [0.5, 0.6) is 0 Å². The Kier molecular flexibility index (Phi) is 5.57. The van der Waals surface area contributed by atoms with Gasteiger partial charge in [-0.2, -0.15) is 0 Å². The van der Waals surface area contributed by atoms with Crippen LogP contribution in [0.1, 0.15) is 23.5 Å². The first-order valence-corrected chi connectivity index (χ1v) is 8.82. The van der Waals surface area contributed by atoms with Gasteiger partial charge in [0.15, 0.2) is 0 Å². The first-order chi connectivity index (χ1) is 12.4. The Hall–Kier alpha value is -2.40. The molecule has 0 radical (unpaired) electrons. The number of aliphatic carboxylic acids is 1. The van der Waals surface area contributed by atoms with Crippen LogP contribution in [0.4, 0.5) is 4.39 Å². The maximum Gasteiger partial charge on any atom is 0.308 e. The summed E-state index contributed by atoms with van der Waals surface area (Å²) in [5.74, 6) is -2.18. The minimum absolute atomic E-state index is 0.0861. The minimum atomic E-state index is -0.904. The molecule has 0 saturated carbocycles. The first-order valence-electron chi connectivity index (χ1n) is 8.44. The van der Waals surface area contributed by atoms with Crippen LogP contribution in [0.25, 0.3) is 0 Å². The Labute approximate surface area is 156 Å². The van der Waals surface area contributed by atoms with Gasteiger partial charge in [-0.25, -0.2) is 4.39 Å². The lowest BCUT2D eigenvalue weighted by Gasteiger charge is -2.16. The number of aryl methyl sites for hydroxylation is 1. The molecule has 1 heterocycles. The van der Waals surface area contributed by atoms with Crippen molar-refractivity contribution >= 4 is 23.5 Å². The van der Waals surface area contributed by atoms with Gasteiger partial charge in [-0.05, 0) is 41.8 Å². The van der Waals surface area contributed by atoms with Gasteiger partial charge in [0, 0.05) is 30.5 Å². The Morgan fingerprint density at radius 3 is 2.35 bits per heavy atom. The number of carboxylic acid groups (broad SMARTS) is 1. The van der Waals surface area contributed by atoms with Crippen molar-refractivity contribution in [3.8, 4) is 0 Å². The summed E-state index contributed by atoms with van der Waals surface area (Å²) in [7, 11) is 0. The van der Waals surface area contributed by atoms with Crippen LogP contribution in [-0.2, 0) is 16.0 Å². The molecular weight excluding hydrogens is 357 g/mol. The van der Waals surface area contributed by atoms with Gasteiger partial charge < -0.3 is 10.0 Å². The lowest BCUT2D eigenvalue weighted by atomic mass is 9.89. The highest BCUT2D eigenvalue weighted by atomic mass is 35.5. The lowest BCUT2D eigenvalue weighted by molar-refractivity contribution is -0.141. The average molecular weight is 376 g/mol. The quantitative estimate of drug-likeness (QED) is 0.866. The highest BCUT2D eigenvalue weighted by Crippen LogP contribution is 2.34. The van der Waals surface area contributed by atoms with E-state index in [1.807, 2.05) is 12.1 Å². The second-order valence-electron chi connectivity index (χ2n) is 6.53. The van der Waals surface area contributed by atoms with Crippen LogP contribution in [0.3, 0.4) is 0 Å². The van der Waals surface area contributed by atoms with Crippen molar-refractivity contribution in [2.24, 2.45) is 5.92 Å². The van der Waals surface area contributed by atoms with E-state index in [1.165, 1.54) is 12.1 Å². The molecule has 1 fully saturated rings. The van der Waals surface area contributed by atoms with E-state index in [0.717, 1.165) is 11.1 Å². The van der Waals surface area contributed by atoms with E-state index in [1.54, 1.807) is 29.2 Å². The topological polar surface area (TPSA) is 57.6 Å². The van der Waals surface area contributed by atoms with Gasteiger partial charge in [-0.3, -0.25) is 9.59 Å². The van der Waals surface area contributed by atoms with Crippen LogP contribution in [0.15, 0.2) is 48.5 Å². The predicted molar refractivity (Wildman–Crippen MR) is 96.6 cm³/mol. The highest BCUT2D eigenvalue weighted by Gasteiger charge is 2.40. The molecule has 136 valence electrons. The summed E-state index contributed by atoms with van der Waals surface area (Å²) in [4.78, 5) is 25.8. The molecule has 1 N–H and O–H groups in total. The highest BCUT2D eigenvalue weighted by molar-refractivity contribution is 6.30. The SMILES string of the molecule is O=C(O)[C@@H]1CN(C(=O)CCc2ccc(F)cc2)C[C@H]1c1ccc(Cl)cc1. The molecule has 2 aromatic rings. The van der Waals surface area contributed by atoms with E-state index in [-0.39, 0.29) is 30.6 Å². The molecule has 1 aliphatic heterocycles. The molecule has 2 atom stereocenters. The van der Waals surface area contributed by atoms with E-state index in [2.05, 4.69) is 0 Å². The van der Waals surface area contributed by atoms with Gasteiger partial charge in [0.05, 0.1) is 5.92 Å². The number of amides is 1.